The first-order valence-corrected chi connectivity index (χ1v) is 16.1. The SMILES string of the molecule is O=S(=O)([O-])c1ccccc1.O=S(=O)([O-])c1ccccc1.O=S(=O)([O-])c1ccccc1.O=S(=O)([O-])c1ccccc1.[Cs+].[Li+].[Na+].[Rb+]. The summed E-state index contributed by atoms with van der Waals surface area (Å²) in [6.45, 7) is 0. The zero-order valence-electron chi connectivity index (χ0n) is 24.1. The molecule has 0 atom stereocenters. The first kappa shape index (κ1) is 52.8. The van der Waals surface area contributed by atoms with Crippen LogP contribution in [0.3, 0.4) is 0 Å². The van der Waals surface area contributed by atoms with Crippen LogP contribution >= 0.6 is 0 Å². The summed E-state index contributed by atoms with van der Waals surface area (Å²) in [7, 11) is -17.0. The Morgan fingerprint density at radius 2 is 0.455 bits per heavy atom. The van der Waals surface area contributed by atoms with Crippen molar-refractivity contribution in [3.8, 4) is 0 Å². The molecular weight excluding hydrogens is 857 g/mol. The maximum atomic E-state index is 10.3. The normalized spacial score (nSPS) is 10.3. The van der Waals surface area contributed by atoms with Crippen molar-refractivity contribution < 1.29 is 227 Å². The van der Waals surface area contributed by atoms with E-state index in [0.717, 1.165) is 0 Å². The van der Waals surface area contributed by atoms with Crippen LogP contribution < -0.4 is 175 Å². The third-order valence-electron chi connectivity index (χ3n) is 4.13. The van der Waals surface area contributed by atoms with Gasteiger partial charge >= 0.3 is 175 Å². The van der Waals surface area contributed by atoms with Gasteiger partial charge in [0, 0.05) is 0 Å². The second kappa shape index (κ2) is 25.9. The van der Waals surface area contributed by atoms with Gasteiger partial charge in [0.05, 0.1) is 19.6 Å². The van der Waals surface area contributed by atoms with Crippen molar-refractivity contribution in [2.24, 2.45) is 0 Å². The Morgan fingerprint density at radius 1 is 0.341 bits per heavy atom. The van der Waals surface area contributed by atoms with Crippen molar-refractivity contribution in [2.75, 3.05) is 0 Å². The Labute approximate surface area is 399 Å². The van der Waals surface area contributed by atoms with E-state index in [9.17, 15) is 51.9 Å². The molecule has 0 aliphatic carbocycles. The summed E-state index contributed by atoms with van der Waals surface area (Å²) in [4.78, 5) is -0.741. The fraction of sp³-hybridized carbons (Fsp3) is 0. The number of hydrogen-bond acceptors (Lipinski definition) is 12. The number of rotatable bonds is 4. The zero-order chi connectivity index (χ0) is 30.5. The van der Waals surface area contributed by atoms with Crippen LogP contribution in [0.2, 0.25) is 0 Å². The van der Waals surface area contributed by atoms with Crippen LogP contribution in [0.1, 0.15) is 0 Å². The van der Waals surface area contributed by atoms with Crippen molar-refractivity contribution in [1.82, 2.24) is 0 Å². The molecule has 0 aliphatic rings. The molecule has 216 valence electrons. The molecule has 0 fully saturated rings. The van der Waals surface area contributed by atoms with E-state index in [-0.39, 0.29) is 195 Å². The smallest absolute Gasteiger partial charge is 0.744 e. The van der Waals surface area contributed by atoms with Crippen molar-refractivity contribution in [1.29, 1.82) is 0 Å². The van der Waals surface area contributed by atoms with Gasteiger partial charge in [0.15, 0.2) is 0 Å². The molecule has 0 spiro atoms. The predicted molar refractivity (Wildman–Crippen MR) is 138 cm³/mol. The summed E-state index contributed by atoms with van der Waals surface area (Å²) >= 11 is 0. The van der Waals surface area contributed by atoms with E-state index in [2.05, 4.69) is 0 Å². The molecule has 44 heavy (non-hydrogen) atoms. The van der Waals surface area contributed by atoms with Crippen molar-refractivity contribution >= 4 is 40.5 Å². The van der Waals surface area contributed by atoms with E-state index in [1.165, 1.54) is 97.1 Å². The number of benzene rings is 4. The molecule has 0 radical (unpaired) electrons. The molecule has 20 heteroatoms. The Hall–Kier alpha value is 1.97. The van der Waals surface area contributed by atoms with Crippen LogP contribution in [-0.4, -0.2) is 51.9 Å². The molecule has 0 amide bonds. The summed E-state index contributed by atoms with van der Waals surface area (Å²) in [5, 5.41) is 0. The van der Waals surface area contributed by atoms with E-state index in [1.54, 1.807) is 24.3 Å². The van der Waals surface area contributed by atoms with Crippen LogP contribution in [0.25, 0.3) is 0 Å². The molecule has 0 unspecified atom stereocenters. The predicted octanol–water partition coefficient (Wildman–Crippen LogP) is -9.62. The largest absolute Gasteiger partial charge is 1.00 e. The van der Waals surface area contributed by atoms with Gasteiger partial charge in [-0.2, -0.15) is 0 Å². The average molecular weight is 877 g/mol. The minimum Gasteiger partial charge on any atom is -0.744 e. The van der Waals surface area contributed by atoms with Gasteiger partial charge in [-0.15, -0.1) is 0 Å². The average Bonchev–Trinajstić information content (AvgIpc) is 2.90. The second-order valence-corrected chi connectivity index (χ2v) is 12.6. The van der Waals surface area contributed by atoms with Gasteiger partial charge in [0.2, 0.25) is 0 Å². The van der Waals surface area contributed by atoms with E-state index in [1.807, 2.05) is 0 Å². The van der Waals surface area contributed by atoms with Crippen molar-refractivity contribution in [3.05, 3.63) is 121 Å². The van der Waals surface area contributed by atoms with Crippen LogP contribution in [0.5, 0.6) is 0 Å². The summed E-state index contributed by atoms with van der Waals surface area (Å²) in [5.74, 6) is 0. The van der Waals surface area contributed by atoms with Crippen LogP contribution in [-0.2, 0) is 40.5 Å². The third kappa shape index (κ3) is 24.2. The zero-order valence-corrected chi connectivity index (χ0v) is 40.5. The molecule has 0 saturated carbocycles. The van der Waals surface area contributed by atoms with Gasteiger partial charge < -0.3 is 18.2 Å². The van der Waals surface area contributed by atoms with Gasteiger partial charge in [0.1, 0.15) is 40.5 Å². The maximum absolute atomic E-state index is 10.3. The maximum Gasteiger partial charge on any atom is 1.00 e. The molecule has 0 bridgehead atoms. The van der Waals surface area contributed by atoms with E-state index < -0.39 is 40.5 Å². The topological polar surface area (TPSA) is 229 Å². The van der Waals surface area contributed by atoms with E-state index >= 15 is 0 Å². The van der Waals surface area contributed by atoms with Crippen LogP contribution in [0, 0.1) is 0 Å². The second-order valence-electron chi connectivity index (χ2n) is 7.07. The Morgan fingerprint density at radius 3 is 0.523 bits per heavy atom. The van der Waals surface area contributed by atoms with Crippen molar-refractivity contribution in [2.45, 2.75) is 19.6 Å². The number of hydrogen-bond donors (Lipinski definition) is 0. The molecule has 0 aromatic heterocycles. The minimum atomic E-state index is -4.25. The Kier molecular flexibility index (Phi) is 31.0. The molecule has 4 aromatic carbocycles. The fourth-order valence-electron chi connectivity index (χ4n) is 2.35. The molecular formula is C24H20CsLiNaO12RbS4. The summed E-state index contributed by atoms with van der Waals surface area (Å²) in [5.41, 5.74) is 0. The summed E-state index contributed by atoms with van der Waals surface area (Å²) in [6.07, 6.45) is 0. The fourth-order valence-corrected chi connectivity index (χ4v) is 4.31. The molecule has 0 N–H and O–H groups in total. The Balaban J connectivity index is -0.000000235. The minimum absolute atomic E-state index is 0. The first-order chi connectivity index (χ1) is 18.4. The molecule has 0 aliphatic heterocycles. The Bertz CT molecular complexity index is 1500. The van der Waals surface area contributed by atoms with E-state index in [0.29, 0.717) is 0 Å². The van der Waals surface area contributed by atoms with Crippen LogP contribution in [0.4, 0.5) is 0 Å². The van der Waals surface area contributed by atoms with Gasteiger partial charge in [-0.3, -0.25) is 0 Å². The quantitative estimate of drug-likeness (QED) is 0.138. The van der Waals surface area contributed by atoms with E-state index in [4.69, 9.17) is 0 Å². The summed E-state index contributed by atoms with van der Waals surface area (Å²) < 4.78 is 123. The van der Waals surface area contributed by atoms with Gasteiger partial charge in [-0.25, -0.2) is 33.7 Å². The first-order valence-electron chi connectivity index (χ1n) is 10.5. The standard InChI is InChI=1S/4C6H6O3S.Cs.Li.Na.Rb/c4*7-10(8,9)6-4-2-1-3-5-6;;;;/h4*1-5H,(H,7,8,9);;;;/q;;;;4*+1/p-4. The van der Waals surface area contributed by atoms with Gasteiger partial charge in [-0.05, 0) is 48.5 Å². The molecule has 4 aromatic rings. The third-order valence-corrected chi connectivity index (χ3v) is 7.53. The molecule has 12 nitrogen and oxygen atoms in total. The summed E-state index contributed by atoms with van der Waals surface area (Å²) in [6, 6.07) is 28.8. The van der Waals surface area contributed by atoms with Gasteiger partial charge in [-0.1, -0.05) is 72.8 Å². The molecule has 0 heterocycles. The molecule has 0 saturated heterocycles. The van der Waals surface area contributed by atoms with Crippen molar-refractivity contribution in [3.63, 3.8) is 0 Å². The monoisotopic (exact) mass is 876 g/mol. The molecule has 4 rings (SSSR count). The van der Waals surface area contributed by atoms with Gasteiger partial charge in [0.25, 0.3) is 0 Å². The van der Waals surface area contributed by atoms with Crippen LogP contribution in [0.15, 0.2) is 141 Å².